The molecule has 0 unspecified atom stereocenters. The molecular formula is C27H47BrO2. The molecule has 0 aromatic heterocycles. The van der Waals surface area contributed by atoms with E-state index >= 15 is 0 Å². The summed E-state index contributed by atoms with van der Waals surface area (Å²) in [7, 11) is 0. The molecule has 1 aromatic rings. The zero-order valence-electron chi connectivity index (χ0n) is 19.8. The van der Waals surface area contributed by atoms with Gasteiger partial charge < -0.3 is 4.74 Å². The van der Waals surface area contributed by atoms with E-state index in [0.29, 0.717) is 5.56 Å². The Bertz CT molecular complexity index is 468. The van der Waals surface area contributed by atoms with Crippen molar-refractivity contribution in [2.75, 3.05) is 11.9 Å². The first-order chi connectivity index (χ1) is 14.8. The zero-order valence-corrected chi connectivity index (χ0v) is 21.4. The normalized spacial score (nSPS) is 10.4. The van der Waals surface area contributed by atoms with Crippen LogP contribution >= 0.6 is 15.9 Å². The molecular weight excluding hydrogens is 436 g/mol. The summed E-state index contributed by atoms with van der Waals surface area (Å²) in [6.07, 6.45) is 22.6. The van der Waals surface area contributed by atoms with Gasteiger partial charge in [0.2, 0.25) is 0 Å². The molecule has 0 saturated carbocycles. The molecule has 0 fully saturated rings. The van der Waals surface area contributed by atoms with Crippen LogP contribution in [0.15, 0.2) is 24.3 Å². The van der Waals surface area contributed by atoms with Crippen molar-refractivity contribution in [3.05, 3.63) is 29.8 Å². The minimum atomic E-state index is 0.674. The van der Waals surface area contributed by atoms with Crippen molar-refractivity contribution in [1.29, 1.82) is 0 Å². The molecule has 1 aromatic carbocycles. The summed E-state index contributed by atoms with van der Waals surface area (Å²) >= 11 is 3.44. The molecule has 0 spiro atoms. The minimum absolute atomic E-state index is 0.674. The van der Waals surface area contributed by atoms with E-state index in [9.17, 15) is 4.79 Å². The van der Waals surface area contributed by atoms with Crippen molar-refractivity contribution in [2.24, 2.45) is 0 Å². The smallest absolute Gasteiger partial charge is 0.150 e. The largest absolute Gasteiger partial charge is 0.494 e. The summed E-state index contributed by atoms with van der Waals surface area (Å²) in [5.41, 5.74) is 0.674. The predicted octanol–water partition coefficient (Wildman–Crippen LogP) is 9.54. The highest BCUT2D eigenvalue weighted by Gasteiger charge is 1.96. The van der Waals surface area contributed by atoms with Gasteiger partial charge in [0.1, 0.15) is 12.0 Å². The first-order valence-corrected chi connectivity index (χ1v) is 13.6. The van der Waals surface area contributed by atoms with Gasteiger partial charge in [-0.1, -0.05) is 132 Å². The number of carbonyl (C=O) groups excluding carboxylic acids is 1. The number of ether oxygens (including phenoxy) is 1. The van der Waals surface area contributed by atoms with Crippen LogP contribution in [0.3, 0.4) is 0 Å². The van der Waals surface area contributed by atoms with Crippen molar-refractivity contribution in [3.8, 4) is 5.75 Å². The Morgan fingerprint density at radius 3 is 1.73 bits per heavy atom. The molecule has 0 aliphatic carbocycles. The third-order valence-electron chi connectivity index (χ3n) is 5.25. The maximum Gasteiger partial charge on any atom is 0.150 e. The topological polar surface area (TPSA) is 26.3 Å². The lowest BCUT2D eigenvalue weighted by Crippen LogP contribution is -1.97. The van der Waals surface area contributed by atoms with E-state index in [1.165, 1.54) is 102 Å². The van der Waals surface area contributed by atoms with E-state index in [4.69, 9.17) is 4.74 Å². The van der Waals surface area contributed by atoms with E-state index < -0.39 is 0 Å². The molecule has 0 aliphatic rings. The number of carbonyl (C=O) groups is 1. The number of hydrogen-bond donors (Lipinski definition) is 0. The van der Waals surface area contributed by atoms with Crippen LogP contribution in [0.1, 0.15) is 127 Å². The van der Waals surface area contributed by atoms with E-state index in [0.717, 1.165) is 25.1 Å². The van der Waals surface area contributed by atoms with E-state index in [2.05, 4.69) is 29.8 Å². The second kappa shape index (κ2) is 24.4. The fourth-order valence-corrected chi connectivity index (χ4v) is 3.73. The van der Waals surface area contributed by atoms with Gasteiger partial charge in [0.05, 0.1) is 6.61 Å². The first kappa shape index (κ1) is 29.2. The molecule has 0 amide bonds. The first-order valence-electron chi connectivity index (χ1n) is 12.5. The van der Waals surface area contributed by atoms with Gasteiger partial charge in [0.15, 0.2) is 0 Å². The van der Waals surface area contributed by atoms with Crippen LogP contribution in [0.2, 0.25) is 0 Å². The predicted molar refractivity (Wildman–Crippen MR) is 136 cm³/mol. The highest BCUT2D eigenvalue weighted by atomic mass is 79.9. The Morgan fingerprint density at radius 2 is 1.23 bits per heavy atom. The summed E-state index contributed by atoms with van der Waals surface area (Å²) in [6, 6.07) is 7.33. The highest BCUT2D eigenvalue weighted by Crippen LogP contribution is 2.13. The van der Waals surface area contributed by atoms with E-state index in [1.807, 2.05) is 12.1 Å². The average Bonchev–Trinajstić information content (AvgIpc) is 2.78. The van der Waals surface area contributed by atoms with Crippen molar-refractivity contribution in [2.45, 2.75) is 117 Å². The van der Waals surface area contributed by atoms with Gasteiger partial charge in [-0.3, -0.25) is 4.79 Å². The minimum Gasteiger partial charge on any atom is -0.494 e. The van der Waals surface area contributed by atoms with Gasteiger partial charge in [0.25, 0.3) is 0 Å². The number of rotatable bonds is 19. The zero-order chi connectivity index (χ0) is 22.1. The number of hydrogen-bond acceptors (Lipinski definition) is 2. The molecule has 0 N–H and O–H groups in total. The van der Waals surface area contributed by atoms with Crippen LogP contribution in [-0.4, -0.2) is 18.2 Å². The molecule has 0 atom stereocenters. The van der Waals surface area contributed by atoms with Crippen molar-refractivity contribution in [1.82, 2.24) is 0 Å². The van der Waals surface area contributed by atoms with E-state index in [1.54, 1.807) is 12.1 Å². The lowest BCUT2D eigenvalue weighted by atomic mass is 10.1. The maximum absolute atomic E-state index is 10.6. The molecule has 2 nitrogen and oxygen atoms in total. The Morgan fingerprint density at radius 1 is 0.733 bits per heavy atom. The van der Waals surface area contributed by atoms with Gasteiger partial charge in [-0.2, -0.15) is 0 Å². The Hall–Kier alpha value is -0.830. The second-order valence-electron chi connectivity index (χ2n) is 8.18. The molecule has 30 heavy (non-hydrogen) atoms. The molecule has 0 saturated heterocycles. The fraction of sp³-hybridized carbons (Fsp3) is 0.741. The SMILES string of the molecule is CCCCCCCCCCBr.CCCCCCCCCCOc1cccc(C=O)c1. The average molecular weight is 484 g/mol. The third-order valence-corrected chi connectivity index (χ3v) is 5.81. The lowest BCUT2D eigenvalue weighted by Gasteiger charge is -2.06. The highest BCUT2D eigenvalue weighted by molar-refractivity contribution is 9.09. The Labute approximate surface area is 195 Å². The van der Waals surface area contributed by atoms with Crippen molar-refractivity contribution >= 4 is 22.2 Å². The maximum atomic E-state index is 10.6. The summed E-state index contributed by atoms with van der Waals surface area (Å²) < 4.78 is 5.63. The monoisotopic (exact) mass is 482 g/mol. The quantitative estimate of drug-likeness (QED) is 0.111. The summed E-state index contributed by atoms with van der Waals surface area (Å²) in [6.45, 7) is 5.26. The van der Waals surface area contributed by atoms with Gasteiger partial charge >= 0.3 is 0 Å². The number of unbranched alkanes of at least 4 members (excludes halogenated alkanes) is 14. The number of aldehydes is 1. The molecule has 3 heteroatoms. The number of alkyl halides is 1. The van der Waals surface area contributed by atoms with Crippen LogP contribution < -0.4 is 4.74 Å². The van der Waals surface area contributed by atoms with Crippen molar-refractivity contribution < 1.29 is 9.53 Å². The number of halogens is 1. The summed E-state index contributed by atoms with van der Waals surface area (Å²) in [5, 5.41) is 1.18. The second-order valence-corrected chi connectivity index (χ2v) is 8.97. The Balaban J connectivity index is 0.000000654. The van der Waals surface area contributed by atoms with Gasteiger partial charge in [-0.05, 0) is 25.0 Å². The van der Waals surface area contributed by atoms with Crippen LogP contribution in [0.25, 0.3) is 0 Å². The van der Waals surface area contributed by atoms with Crippen LogP contribution in [-0.2, 0) is 0 Å². The Kier molecular flexibility index (Phi) is 23.8. The molecule has 174 valence electrons. The molecule has 0 aliphatic heterocycles. The van der Waals surface area contributed by atoms with Gasteiger partial charge in [-0.15, -0.1) is 0 Å². The van der Waals surface area contributed by atoms with Gasteiger partial charge in [-0.25, -0.2) is 0 Å². The summed E-state index contributed by atoms with van der Waals surface area (Å²) in [4.78, 5) is 10.6. The number of benzene rings is 1. The van der Waals surface area contributed by atoms with Crippen LogP contribution in [0, 0.1) is 0 Å². The molecule has 1 rings (SSSR count). The molecule has 0 heterocycles. The summed E-state index contributed by atoms with van der Waals surface area (Å²) in [5.74, 6) is 0.799. The third kappa shape index (κ3) is 20.4. The van der Waals surface area contributed by atoms with Crippen molar-refractivity contribution in [3.63, 3.8) is 0 Å². The van der Waals surface area contributed by atoms with Gasteiger partial charge in [0, 0.05) is 10.9 Å². The van der Waals surface area contributed by atoms with Crippen LogP contribution in [0.5, 0.6) is 5.75 Å². The molecule has 0 bridgehead atoms. The van der Waals surface area contributed by atoms with E-state index in [-0.39, 0.29) is 0 Å². The molecule has 0 radical (unpaired) electrons. The lowest BCUT2D eigenvalue weighted by molar-refractivity contribution is 0.112. The fourth-order valence-electron chi connectivity index (χ4n) is 3.33. The van der Waals surface area contributed by atoms with Crippen LogP contribution in [0.4, 0.5) is 0 Å². The standard InChI is InChI=1S/C17H26O2.C10H21Br/c1-2-3-4-5-6-7-8-9-13-19-17-12-10-11-16(14-17)15-18;1-2-3-4-5-6-7-8-9-10-11/h10-12,14-15H,2-9,13H2,1H3;2-10H2,1H3.